The van der Waals surface area contributed by atoms with Gasteiger partial charge >= 0.3 is 0 Å². The highest BCUT2D eigenvalue weighted by Gasteiger charge is 2.47. The number of hydrogen-bond donors (Lipinski definition) is 0. The van der Waals surface area contributed by atoms with Gasteiger partial charge in [0.25, 0.3) is 0 Å². The van der Waals surface area contributed by atoms with Crippen LogP contribution in [-0.4, -0.2) is 55.5 Å². The number of carbonyl (C=O) groups excluding carboxylic acids is 1. The SMILES string of the molecule is O=C([C@@H]1C[C@@H]2CCCC[C@H]2N1c1ncccn1)N1CCC(n2ccnc2)CC1. The smallest absolute Gasteiger partial charge is 0.245 e. The first-order valence-electron chi connectivity index (χ1n) is 10.6. The third-order valence-corrected chi connectivity index (χ3v) is 6.88. The van der Waals surface area contributed by atoms with Gasteiger partial charge in [0.15, 0.2) is 0 Å². The zero-order valence-corrected chi connectivity index (χ0v) is 16.2. The number of rotatable bonds is 3. The van der Waals surface area contributed by atoms with E-state index in [0.717, 1.165) is 44.7 Å². The predicted octanol–water partition coefficient (Wildman–Crippen LogP) is 2.67. The quantitative estimate of drug-likeness (QED) is 0.819. The number of imidazole rings is 1. The number of likely N-dealkylation sites (tertiary alicyclic amines) is 1. The number of piperidine rings is 1. The molecule has 28 heavy (non-hydrogen) atoms. The molecule has 148 valence electrons. The fourth-order valence-corrected chi connectivity index (χ4v) is 5.47. The van der Waals surface area contributed by atoms with Crippen LogP contribution in [0.15, 0.2) is 37.2 Å². The molecule has 0 N–H and O–H groups in total. The Morgan fingerprint density at radius 1 is 1.00 bits per heavy atom. The zero-order chi connectivity index (χ0) is 18.9. The van der Waals surface area contributed by atoms with Gasteiger partial charge in [-0.1, -0.05) is 12.8 Å². The summed E-state index contributed by atoms with van der Waals surface area (Å²) in [4.78, 5) is 31.0. The van der Waals surface area contributed by atoms with Gasteiger partial charge in [0.05, 0.1) is 6.33 Å². The highest BCUT2D eigenvalue weighted by molar-refractivity contribution is 5.86. The van der Waals surface area contributed by atoms with E-state index in [4.69, 9.17) is 0 Å². The maximum Gasteiger partial charge on any atom is 0.245 e. The zero-order valence-electron chi connectivity index (χ0n) is 16.2. The standard InChI is InChI=1S/C21H28N6O/c28-20(25-11-6-17(7-12-25)26-13-10-22-15-26)19-14-16-4-1-2-5-18(16)27(19)21-23-8-3-9-24-21/h3,8-10,13,15-19H,1-2,4-7,11-12,14H2/t16-,18+,19-/m0/s1. The molecule has 1 aliphatic carbocycles. The molecule has 3 atom stereocenters. The molecule has 4 heterocycles. The molecule has 7 nitrogen and oxygen atoms in total. The van der Waals surface area contributed by atoms with Crippen LogP contribution in [0.4, 0.5) is 5.95 Å². The number of nitrogens with zero attached hydrogens (tertiary/aromatic N) is 6. The van der Waals surface area contributed by atoms with Gasteiger partial charge in [-0.05, 0) is 44.1 Å². The van der Waals surface area contributed by atoms with Crippen LogP contribution in [0.25, 0.3) is 0 Å². The molecule has 3 aliphatic rings. The summed E-state index contributed by atoms with van der Waals surface area (Å²) >= 11 is 0. The van der Waals surface area contributed by atoms with Gasteiger partial charge in [-0.2, -0.15) is 0 Å². The monoisotopic (exact) mass is 380 g/mol. The summed E-state index contributed by atoms with van der Waals surface area (Å²) in [7, 11) is 0. The predicted molar refractivity (Wildman–Crippen MR) is 106 cm³/mol. The molecular weight excluding hydrogens is 352 g/mol. The van der Waals surface area contributed by atoms with Crippen molar-refractivity contribution in [1.29, 1.82) is 0 Å². The van der Waals surface area contributed by atoms with Crippen molar-refractivity contribution < 1.29 is 4.79 Å². The molecular formula is C21H28N6O. The van der Waals surface area contributed by atoms with Crippen molar-refractivity contribution in [3.05, 3.63) is 37.2 Å². The van der Waals surface area contributed by atoms with Crippen LogP contribution in [0.5, 0.6) is 0 Å². The van der Waals surface area contributed by atoms with Crippen molar-refractivity contribution in [2.45, 2.75) is 63.1 Å². The Kier molecular flexibility index (Phi) is 4.74. The van der Waals surface area contributed by atoms with Crippen LogP contribution < -0.4 is 4.90 Å². The maximum absolute atomic E-state index is 13.5. The first-order valence-corrected chi connectivity index (χ1v) is 10.6. The van der Waals surface area contributed by atoms with E-state index in [1.54, 1.807) is 12.4 Å². The lowest BCUT2D eigenvalue weighted by Crippen LogP contribution is -2.51. The second-order valence-electron chi connectivity index (χ2n) is 8.39. The molecule has 2 aromatic heterocycles. The van der Waals surface area contributed by atoms with E-state index in [2.05, 4.69) is 29.3 Å². The average molecular weight is 380 g/mol. The van der Waals surface area contributed by atoms with Crippen molar-refractivity contribution in [2.75, 3.05) is 18.0 Å². The van der Waals surface area contributed by atoms with Crippen LogP contribution in [0.2, 0.25) is 0 Å². The number of hydrogen-bond acceptors (Lipinski definition) is 5. The average Bonchev–Trinajstić information content (AvgIpc) is 3.42. The van der Waals surface area contributed by atoms with Gasteiger partial charge in [-0.25, -0.2) is 15.0 Å². The van der Waals surface area contributed by atoms with Gasteiger partial charge in [0.2, 0.25) is 11.9 Å². The summed E-state index contributed by atoms with van der Waals surface area (Å²) in [5.74, 6) is 1.59. The lowest BCUT2D eigenvalue weighted by molar-refractivity contribution is -0.133. The molecule has 1 amide bonds. The molecule has 0 aromatic carbocycles. The van der Waals surface area contributed by atoms with Gasteiger partial charge in [-0.15, -0.1) is 0 Å². The van der Waals surface area contributed by atoms with Gasteiger partial charge < -0.3 is 14.4 Å². The highest BCUT2D eigenvalue weighted by Crippen LogP contribution is 2.42. The van der Waals surface area contributed by atoms with Gasteiger partial charge in [0, 0.05) is 50.0 Å². The number of carbonyl (C=O) groups is 1. The van der Waals surface area contributed by atoms with E-state index in [1.807, 2.05) is 24.8 Å². The number of fused-ring (bicyclic) bond motifs is 1. The third kappa shape index (κ3) is 3.16. The van der Waals surface area contributed by atoms with Crippen LogP contribution in [0.1, 0.15) is 51.0 Å². The Balaban J connectivity index is 1.33. The Morgan fingerprint density at radius 2 is 1.79 bits per heavy atom. The summed E-state index contributed by atoms with van der Waals surface area (Å²) < 4.78 is 2.18. The molecule has 2 saturated heterocycles. The second kappa shape index (κ2) is 7.53. The summed E-state index contributed by atoms with van der Waals surface area (Å²) in [5.41, 5.74) is 0. The number of aromatic nitrogens is 4. The van der Waals surface area contributed by atoms with Crippen LogP contribution in [-0.2, 0) is 4.79 Å². The molecule has 7 heteroatoms. The molecule has 0 bridgehead atoms. The van der Waals surface area contributed by atoms with Crippen molar-refractivity contribution in [3.8, 4) is 0 Å². The van der Waals surface area contributed by atoms with E-state index in [9.17, 15) is 4.79 Å². The molecule has 5 rings (SSSR count). The molecule has 2 aliphatic heterocycles. The summed E-state index contributed by atoms with van der Waals surface area (Å²) in [5, 5.41) is 0. The Morgan fingerprint density at radius 3 is 2.54 bits per heavy atom. The van der Waals surface area contributed by atoms with Gasteiger partial charge in [-0.3, -0.25) is 4.79 Å². The summed E-state index contributed by atoms with van der Waals surface area (Å²) in [6.45, 7) is 1.63. The number of amides is 1. The largest absolute Gasteiger partial charge is 0.341 e. The molecule has 2 aromatic rings. The Labute approximate surface area is 165 Å². The van der Waals surface area contributed by atoms with E-state index in [1.165, 1.54) is 19.3 Å². The topological polar surface area (TPSA) is 67.2 Å². The minimum absolute atomic E-state index is 0.111. The minimum Gasteiger partial charge on any atom is -0.341 e. The van der Waals surface area contributed by atoms with Crippen molar-refractivity contribution >= 4 is 11.9 Å². The molecule has 0 spiro atoms. The van der Waals surface area contributed by atoms with E-state index >= 15 is 0 Å². The van der Waals surface area contributed by atoms with E-state index < -0.39 is 0 Å². The fourth-order valence-electron chi connectivity index (χ4n) is 5.47. The normalized spacial score (nSPS) is 28.4. The second-order valence-corrected chi connectivity index (χ2v) is 8.39. The van der Waals surface area contributed by atoms with Crippen LogP contribution >= 0.6 is 0 Å². The number of anilines is 1. The molecule has 0 unspecified atom stereocenters. The van der Waals surface area contributed by atoms with Gasteiger partial charge in [0.1, 0.15) is 6.04 Å². The van der Waals surface area contributed by atoms with Crippen molar-refractivity contribution in [3.63, 3.8) is 0 Å². The Hall–Kier alpha value is -2.44. The minimum atomic E-state index is -0.111. The first-order chi connectivity index (χ1) is 13.8. The summed E-state index contributed by atoms with van der Waals surface area (Å²) in [6, 6.07) is 2.59. The Bertz CT molecular complexity index is 786. The van der Waals surface area contributed by atoms with Crippen molar-refractivity contribution in [2.24, 2.45) is 5.92 Å². The van der Waals surface area contributed by atoms with Crippen LogP contribution in [0.3, 0.4) is 0 Å². The fraction of sp³-hybridized carbons (Fsp3) is 0.619. The third-order valence-electron chi connectivity index (χ3n) is 6.88. The van der Waals surface area contributed by atoms with Crippen LogP contribution in [0, 0.1) is 5.92 Å². The molecule has 0 radical (unpaired) electrons. The molecule has 3 fully saturated rings. The lowest BCUT2D eigenvalue weighted by atomic mass is 9.84. The lowest BCUT2D eigenvalue weighted by Gasteiger charge is -2.37. The molecule has 1 saturated carbocycles. The highest BCUT2D eigenvalue weighted by atomic mass is 16.2. The van der Waals surface area contributed by atoms with E-state index in [-0.39, 0.29) is 11.9 Å². The summed E-state index contributed by atoms with van der Waals surface area (Å²) in [6.07, 6.45) is 17.1. The van der Waals surface area contributed by atoms with E-state index in [0.29, 0.717) is 18.0 Å². The first kappa shape index (κ1) is 17.6. The maximum atomic E-state index is 13.5. The van der Waals surface area contributed by atoms with Crippen molar-refractivity contribution in [1.82, 2.24) is 24.4 Å².